The first kappa shape index (κ1) is 12.8. The van der Waals surface area contributed by atoms with Crippen molar-refractivity contribution in [1.82, 2.24) is 10.2 Å². The van der Waals surface area contributed by atoms with Gasteiger partial charge in [-0.3, -0.25) is 0 Å². The first-order valence-corrected chi connectivity index (χ1v) is 6.35. The number of rotatable bonds is 4. The van der Waals surface area contributed by atoms with Crippen LogP contribution in [0.1, 0.15) is 11.3 Å². The monoisotopic (exact) mass is 307 g/mol. The minimum atomic E-state index is 0.524. The van der Waals surface area contributed by atoms with Gasteiger partial charge in [-0.05, 0) is 40.5 Å². The minimum absolute atomic E-state index is 0.524. The Hall–Kier alpha value is -1.62. The maximum Gasteiger partial charge on any atom is 0.233 e. The summed E-state index contributed by atoms with van der Waals surface area (Å²) in [4.78, 5) is 0. The van der Waals surface area contributed by atoms with E-state index in [-0.39, 0.29) is 0 Å². The molecule has 0 aliphatic rings. The molecule has 0 saturated heterocycles. The first-order valence-electron chi connectivity index (χ1n) is 5.56. The number of nitrogens with one attached hydrogen (secondary N) is 1. The molecule has 5 heteroatoms. The molecule has 18 heavy (non-hydrogen) atoms. The van der Waals surface area contributed by atoms with Gasteiger partial charge in [-0.15, -0.1) is 5.10 Å². The number of ether oxygens (including phenoxy) is 1. The van der Waals surface area contributed by atoms with Crippen molar-refractivity contribution in [3.8, 4) is 5.88 Å². The molecule has 0 fully saturated rings. The summed E-state index contributed by atoms with van der Waals surface area (Å²) in [7, 11) is 1.58. The third-order valence-electron chi connectivity index (χ3n) is 2.56. The van der Waals surface area contributed by atoms with Crippen LogP contribution >= 0.6 is 15.9 Å². The van der Waals surface area contributed by atoms with Crippen LogP contribution < -0.4 is 10.1 Å². The van der Waals surface area contributed by atoms with Gasteiger partial charge in [0.25, 0.3) is 0 Å². The van der Waals surface area contributed by atoms with Gasteiger partial charge < -0.3 is 10.1 Å². The van der Waals surface area contributed by atoms with Gasteiger partial charge in [0.05, 0.1) is 19.3 Å². The number of aryl methyl sites for hydroxylation is 1. The van der Waals surface area contributed by atoms with Gasteiger partial charge in [0.2, 0.25) is 5.88 Å². The molecule has 0 atom stereocenters. The van der Waals surface area contributed by atoms with Gasteiger partial charge in [-0.25, -0.2) is 0 Å². The highest BCUT2D eigenvalue weighted by molar-refractivity contribution is 9.10. The predicted octanol–water partition coefficient (Wildman–Crippen LogP) is 3.17. The van der Waals surface area contributed by atoms with Gasteiger partial charge >= 0.3 is 0 Å². The minimum Gasteiger partial charge on any atom is -0.480 e. The Bertz CT molecular complexity index is 528. The average Bonchev–Trinajstić information content (AvgIpc) is 2.41. The number of anilines is 1. The normalized spacial score (nSPS) is 10.2. The van der Waals surface area contributed by atoms with Crippen LogP contribution in [0.15, 0.2) is 34.8 Å². The number of methoxy groups -OCH3 is 1. The molecule has 0 bridgehead atoms. The molecule has 2 aromatic rings. The molecule has 0 saturated carbocycles. The lowest BCUT2D eigenvalue weighted by molar-refractivity contribution is 0.391. The van der Waals surface area contributed by atoms with Crippen molar-refractivity contribution in [2.45, 2.75) is 13.5 Å². The smallest absolute Gasteiger partial charge is 0.233 e. The third-order valence-corrected chi connectivity index (χ3v) is 3.61. The summed E-state index contributed by atoms with van der Waals surface area (Å²) in [5.74, 6) is 0.524. The zero-order chi connectivity index (χ0) is 13.0. The van der Waals surface area contributed by atoms with Crippen LogP contribution in [-0.2, 0) is 6.54 Å². The van der Waals surface area contributed by atoms with E-state index in [0.29, 0.717) is 12.4 Å². The Morgan fingerprint density at radius 3 is 2.72 bits per heavy atom. The fourth-order valence-corrected chi connectivity index (χ4v) is 1.93. The molecule has 94 valence electrons. The van der Waals surface area contributed by atoms with E-state index in [4.69, 9.17) is 4.74 Å². The molecule has 0 spiro atoms. The molecular formula is C13H14BrN3O. The summed E-state index contributed by atoms with van der Waals surface area (Å²) in [5.41, 5.74) is 3.11. The van der Waals surface area contributed by atoms with Gasteiger partial charge in [0.1, 0.15) is 0 Å². The molecule has 0 radical (unpaired) electrons. The second kappa shape index (κ2) is 5.82. The Labute approximate surface area is 115 Å². The zero-order valence-corrected chi connectivity index (χ0v) is 11.9. The van der Waals surface area contributed by atoms with Crippen molar-refractivity contribution in [3.63, 3.8) is 0 Å². The van der Waals surface area contributed by atoms with Gasteiger partial charge in [-0.1, -0.05) is 12.1 Å². The lowest BCUT2D eigenvalue weighted by atomic mass is 10.2. The first-order chi connectivity index (χ1) is 8.70. The lowest BCUT2D eigenvalue weighted by Crippen LogP contribution is -2.04. The topological polar surface area (TPSA) is 47.0 Å². The molecule has 2 rings (SSSR count). The molecule has 1 heterocycles. The third kappa shape index (κ3) is 2.98. The number of benzene rings is 1. The molecule has 1 aromatic carbocycles. The molecule has 0 unspecified atom stereocenters. The van der Waals surface area contributed by atoms with Crippen molar-refractivity contribution in [2.24, 2.45) is 0 Å². The highest BCUT2D eigenvalue weighted by Crippen LogP contribution is 2.25. The van der Waals surface area contributed by atoms with Crippen molar-refractivity contribution in [1.29, 1.82) is 0 Å². The summed E-state index contributed by atoms with van der Waals surface area (Å²) >= 11 is 3.56. The van der Waals surface area contributed by atoms with Gasteiger partial charge in [-0.2, -0.15) is 5.10 Å². The van der Waals surface area contributed by atoms with E-state index in [2.05, 4.69) is 44.4 Å². The lowest BCUT2D eigenvalue weighted by Gasteiger charge is -2.09. The average molecular weight is 308 g/mol. The quantitative estimate of drug-likeness (QED) is 0.942. The molecular weight excluding hydrogens is 294 g/mol. The number of hydrogen-bond donors (Lipinski definition) is 1. The van der Waals surface area contributed by atoms with E-state index < -0.39 is 0 Å². The van der Waals surface area contributed by atoms with E-state index >= 15 is 0 Å². The SMILES string of the molecule is COc1ccc(CNc2cccc(C)c2Br)nn1. The van der Waals surface area contributed by atoms with Crippen molar-refractivity contribution in [3.05, 3.63) is 46.1 Å². The summed E-state index contributed by atoms with van der Waals surface area (Å²) in [5, 5.41) is 11.3. The number of halogens is 1. The Morgan fingerprint density at radius 2 is 2.06 bits per heavy atom. The fraction of sp³-hybridized carbons (Fsp3) is 0.231. The van der Waals surface area contributed by atoms with Crippen LogP contribution in [0, 0.1) is 6.92 Å². The second-order valence-electron chi connectivity index (χ2n) is 3.86. The van der Waals surface area contributed by atoms with Crippen molar-refractivity contribution in [2.75, 3.05) is 12.4 Å². The van der Waals surface area contributed by atoms with E-state index in [0.717, 1.165) is 15.9 Å². The molecule has 0 amide bonds. The zero-order valence-electron chi connectivity index (χ0n) is 10.3. The molecule has 1 aromatic heterocycles. The van der Waals surface area contributed by atoms with Crippen LogP contribution in [0.5, 0.6) is 5.88 Å². The largest absolute Gasteiger partial charge is 0.480 e. The Balaban J connectivity index is 2.04. The van der Waals surface area contributed by atoms with Crippen LogP contribution in [0.2, 0.25) is 0 Å². The number of hydrogen-bond acceptors (Lipinski definition) is 4. The maximum atomic E-state index is 4.97. The summed E-state index contributed by atoms with van der Waals surface area (Å²) in [6, 6.07) is 9.79. The molecule has 4 nitrogen and oxygen atoms in total. The molecule has 0 aliphatic carbocycles. The number of nitrogens with zero attached hydrogens (tertiary/aromatic N) is 2. The highest BCUT2D eigenvalue weighted by atomic mass is 79.9. The number of aromatic nitrogens is 2. The standard InChI is InChI=1S/C13H14BrN3O/c1-9-4-3-5-11(13(9)14)15-8-10-6-7-12(18-2)17-16-10/h3-7,15H,8H2,1-2H3. The van der Waals surface area contributed by atoms with Crippen molar-refractivity contribution >= 4 is 21.6 Å². The predicted molar refractivity (Wildman–Crippen MR) is 74.8 cm³/mol. The molecule has 0 aliphatic heterocycles. The van der Waals surface area contributed by atoms with Crippen LogP contribution in [0.3, 0.4) is 0 Å². The highest BCUT2D eigenvalue weighted by Gasteiger charge is 2.03. The van der Waals surface area contributed by atoms with Crippen LogP contribution in [0.4, 0.5) is 5.69 Å². The Kier molecular flexibility index (Phi) is 4.15. The van der Waals surface area contributed by atoms with Crippen LogP contribution in [0.25, 0.3) is 0 Å². The van der Waals surface area contributed by atoms with E-state index in [1.165, 1.54) is 5.56 Å². The maximum absolute atomic E-state index is 4.97. The van der Waals surface area contributed by atoms with E-state index in [1.807, 2.05) is 18.2 Å². The van der Waals surface area contributed by atoms with Crippen LogP contribution in [-0.4, -0.2) is 17.3 Å². The van der Waals surface area contributed by atoms with E-state index in [9.17, 15) is 0 Å². The van der Waals surface area contributed by atoms with Gasteiger partial charge in [0, 0.05) is 16.2 Å². The summed E-state index contributed by atoms with van der Waals surface area (Å²) in [6.07, 6.45) is 0. The van der Waals surface area contributed by atoms with E-state index in [1.54, 1.807) is 13.2 Å². The second-order valence-corrected chi connectivity index (χ2v) is 4.65. The Morgan fingerprint density at radius 1 is 1.22 bits per heavy atom. The summed E-state index contributed by atoms with van der Waals surface area (Å²) < 4.78 is 6.04. The fourth-order valence-electron chi connectivity index (χ4n) is 1.52. The summed E-state index contributed by atoms with van der Waals surface area (Å²) in [6.45, 7) is 2.68. The van der Waals surface area contributed by atoms with Gasteiger partial charge in [0.15, 0.2) is 0 Å². The van der Waals surface area contributed by atoms with Crippen molar-refractivity contribution < 1.29 is 4.74 Å². The molecule has 1 N–H and O–H groups in total.